The van der Waals surface area contributed by atoms with Gasteiger partial charge in [0.1, 0.15) is 0 Å². The summed E-state index contributed by atoms with van der Waals surface area (Å²) in [6.45, 7) is 14.4. The first-order chi connectivity index (χ1) is 9.02. The topological polar surface area (TPSA) is 15.3 Å². The molecule has 0 aromatic rings. The van der Waals surface area contributed by atoms with Crippen LogP contribution in [-0.2, 0) is 0 Å². The van der Waals surface area contributed by atoms with Crippen LogP contribution in [0.4, 0.5) is 0 Å². The molecule has 112 valence electrons. The molecular weight excluding hydrogens is 232 g/mol. The number of likely N-dealkylation sites (tertiary alicyclic amines) is 1. The molecule has 1 aliphatic carbocycles. The fourth-order valence-corrected chi connectivity index (χ4v) is 4.44. The van der Waals surface area contributed by atoms with Crippen molar-refractivity contribution >= 4 is 0 Å². The van der Waals surface area contributed by atoms with Gasteiger partial charge in [0.2, 0.25) is 0 Å². The fraction of sp³-hybridized carbons (Fsp3) is 1.00. The number of nitrogens with zero attached hydrogens (tertiary/aromatic N) is 1. The summed E-state index contributed by atoms with van der Waals surface area (Å²) < 4.78 is 0. The highest BCUT2D eigenvalue weighted by Crippen LogP contribution is 2.36. The average molecular weight is 266 g/mol. The van der Waals surface area contributed by atoms with E-state index in [2.05, 4.69) is 44.8 Å². The second-order valence-corrected chi connectivity index (χ2v) is 7.44. The van der Waals surface area contributed by atoms with Gasteiger partial charge in [-0.3, -0.25) is 4.90 Å². The lowest BCUT2D eigenvalue weighted by molar-refractivity contribution is 0.0773. The maximum Gasteiger partial charge on any atom is 0.0255 e. The minimum Gasteiger partial charge on any atom is -0.313 e. The number of hydrogen-bond donors (Lipinski definition) is 1. The number of rotatable bonds is 4. The van der Waals surface area contributed by atoms with E-state index in [0.717, 1.165) is 42.4 Å². The first-order valence-corrected chi connectivity index (χ1v) is 8.52. The van der Waals surface area contributed by atoms with Crippen LogP contribution in [0.5, 0.6) is 0 Å². The Morgan fingerprint density at radius 3 is 2.42 bits per heavy atom. The van der Waals surface area contributed by atoms with Crippen LogP contribution in [0, 0.1) is 17.8 Å². The second kappa shape index (κ2) is 6.58. The Morgan fingerprint density at radius 2 is 1.89 bits per heavy atom. The molecule has 19 heavy (non-hydrogen) atoms. The zero-order valence-electron chi connectivity index (χ0n) is 13.7. The van der Waals surface area contributed by atoms with E-state index in [9.17, 15) is 0 Å². The maximum atomic E-state index is 3.76. The summed E-state index contributed by atoms with van der Waals surface area (Å²) >= 11 is 0. The highest BCUT2D eigenvalue weighted by atomic mass is 15.2. The van der Waals surface area contributed by atoms with E-state index in [-0.39, 0.29) is 0 Å². The number of hydrogen-bond acceptors (Lipinski definition) is 2. The van der Waals surface area contributed by atoms with Gasteiger partial charge in [0.25, 0.3) is 0 Å². The van der Waals surface area contributed by atoms with Crippen molar-refractivity contribution in [3.63, 3.8) is 0 Å². The minimum absolute atomic E-state index is 0.729. The molecule has 1 aliphatic heterocycles. The van der Waals surface area contributed by atoms with Crippen molar-refractivity contribution in [2.45, 2.75) is 78.4 Å². The lowest BCUT2D eigenvalue weighted by Crippen LogP contribution is -2.54. The third-order valence-electron chi connectivity index (χ3n) is 5.52. The van der Waals surface area contributed by atoms with Gasteiger partial charge in [-0.05, 0) is 56.9 Å². The van der Waals surface area contributed by atoms with Crippen molar-refractivity contribution in [1.29, 1.82) is 0 Å². The lowest BCUT2D eigenvalue weighted by Gasteiger charge is -2.44. The van der Waals surface area contributed by atoms with Gasteiger partial charge in [-0.25, -0.2) is 0 Å². The van der Waals surface area contributed by atoms with Gasteiger partial charge in [0.15, 0.2) is 0 Å². The summed E-state index contributed by atoms with van der Waals surface area (Å²) in [7, 11) is 0. The van der Waals surface area contributed by atoms with Crippen molar-refractivity contribution < 1.29 is 0 Å². The molecule has 2 fully saturated rings. The second-order valence-electron chi connectivity index (χ2n) is 7.44. The Hall–Kier alpha value is -0.0800. The molecule has 1 N–H and O–H groups in total. The van der Waals surface area contributed by atoms with Gasteiger partial charge >= 0.3 is 0 Å². The van der Waals surface area contributed by atoms with Crippen LogP contribution in [0.2, 0.25) is 0 Å². The Kier molecular flexibility index (Phi) is 5.30. The molecule has 5 unspecified atom stereocenters. The minimum atomic E-state index is 0.729. The lowest BCUT2D eigenvalue weighted by atomic mass is 9.76. The molecule has 0 spiro atoms. The smallest absolute Gasteiger partial charge is 0.0255 e. The summed E-state index contributed by atoms with van der Waals surface area (Å²) in [6, 6.07) is 2.29. The molecule has 0 bridgehead atoms. The van der Waals surface area contributed by atoms with Crippen LogP contribution >= 0.6 is 0 Å². The molecule has 0 amide bonds. The Labute approximate surface area is 120 Å². The summed E-state index contributed by atoms with van der Waals surface area (Å²) in [5.74, 6) is 2.67. The molecule has 2 nitrogen and oxygen atoms in total. The van der Waals surface area contributed by atoms with Crippen molar-refractivity contribution in [2.24, 2.45) is 17.8 Å². The van der Waals surface area contributed by atoms with Crippen LogP contribution in [-0.4, -0.2) is 36.1 Å². The predicted octanol–water partition coefficient (Wildman–Crippen LogP) is 3.52. The normalized spacial score (nSPS) is 41.1. The van der Waals surface area contributed by atoms with Gasteiger partial charge in [-0.1, -0.05) is 27.7 Å². The molecule has 1 saturated heterocycles. The predicted molar refractivity (Wildman–Crippen MR) is 83.4 cm³/mol. The Morgan fingerprint density at radius 1 is 1.16 bits per heavy atom. The zero-order chi connectivity index (χ0) is 14.0. The van der Waals surface area contributed by atoms with Gasteiger partial charge in [0.05, 0.1) is 0 Å². The molecule has 0 aromatic heterocycles. The van der Waals surface area contributed by atoms with Crippen LogP contribution in [0.3, 0.4) is 0 Å². The van der Waals surface area contributed by atoms with Crippen LogP contribution < -0.4 is 5.32 Å². The summed E-state index contributed by atoms with van der Waals surface area (Å²) in [4.78, 5) is 2.83. The Bertz CT molecular complexity index is 276. The highest BCUT2D eigenvalue weighted by Gasteiger charge is 2.39. The van der Waals surface area contributed by atoms with Gasteiger partial charge in [-0.15, -0.1) is 0 Å². The molecule has 0 radical (unpaired) electrons. The van der Waals surface area contributed by atoms with Gasteiger partial charge in [0, 0.05) is 24.7 Å². The molecule has 2 heteroatoms. The zero-order valence-corrected chi connectivity index (χ0v) is 13.7. The molecule has 2 rings (SSSR count). The van der Waals surface area contributed by atoms with Crippen LogP contribution in [0.25, 0.3) is 0 Å². The molecule has 2 aliphatic rings. The third kappa shape index (κ3) is 3.52. The van der Waals surface area contributed by atoms with Gasteiger partial charge < -0.3 is 5.32 Å². The van der Waals surface area contributed by atoms with E-state index < -0.39 is 0 Å². The summed E-state index contributed by atoms with van der Waals surface area (Å²) in [5, 5.41) is 3.76. The van der Waals surface area contributed by atoms with E-state index in [4.69, 9.17) is 0 Å². The number of nitrogens with one attached hydrogen (secondary N) is 1. The maximum absolute atomic E-state index is 3.76. The molecular formula is C17H34N2. The quantitative estimate of drug-likeness (QED) is 0.837. The largest absolute Gasteiger partial charge is 0.313 e. The summed E-state index contributed by atoms with van der Waals surface area (Å²) in [5.41, 5.74) is 0. The standard InChI is InChI=1S/C17H34N2/c1-6-18-16-8-7-15(12(2)3)10-17(16)19-11-13(4)9-14(19)5/h12-18H,6-11H2,1-5H3. The first kappa shape index (κ1) is 15.3. The van der Waals surface area contributed by atoms with Crippen molar-refractivity contribution in [1.82, 2.24) is 10.2 Å². The SMILES string of the molecule is CCNC1CCC(C(C)C)CC1N1CC(C)CC1C. The molecule has 1 heterocycles. The fourth-order valence-electron chi connectivity index (χ4n) is 4.44. The van der Waals surface area contributed by atoms with Crippen molar-refractivity contribution in [2.75, 3.05) is 13.1 Å². The molecule has 5 atom stereocenters. The van der Waals surface area contributed by atoms with E-state index in [1.54, 1.807) is 0 Å². The van der Waals surface area contributed by atoms with Crippen LogP contribution in [0.1, 0.15) is 60.3 Å². The van der Waals surface area contributed by atoms with Crippen LogP contribution in [0.15, 0.2) is 0 Å². The van der Waals surface area contributed by atoms with E-state index in [0.29, 0.717) is 0 Å². The van der Waals surface area contributed by atoms with E-state index in [1.807, 2.05) is 0 Å². The Balaban J connectivity index is 2.06. The highest BCUT2D eigenvalue weighted by molar-refractivity contribution is 4.96. The van der Waals surface area contributed by atoms with Crippen molar-refractivity contribution in [3.8, 4) is 0 Å². The summed E-state index contributed by atoms with van der Waals surface area (Å²) in [6.07, 6.45) is 5.59. The molecule has 0 aromatic carbocycles. The first-order valence-electron chi connectivity index (χ1n) is 8.52. The number of likely N-dealkylation sites (N-methyl/N-ethyl adjacent to an activating group) is 1. The molecule has 1 saturated carbocycles. The van der Waals surface area contributed by atoms with E-state index >= 15 is 0 Å². The van der Waals surface area contributed by atoms with E-state index in [1.165, 1.54) is 32.2 Å². The van der Waals surface area contributed by atoms with Gasteiger partial charge in [-0.2, -0.15) is 0 Å². The average Bonchev–Trinajstić information content (AvgIpc) is 2.69. The monoisotopic (exact) mass is 266 g/mol. The van der Waals surface area contributed by atoms with Crippen molar-refractivity contribution in [3.05, 3.63) is 0 Å². The third-order valence-corrected chi connectivity index (χ3v) is 5.52.